The molecule has 1 fully saturated rings. The van der Waals surface area contributed by atoms with E-state index in [0.29, 0.717) is 6.04 Å². The number of nitrogens with zero attached hydrogens (tertiary/aromatic N) is 1. The van der Waals surface area contributed by atoms with Crippen LogP contribution in [0.5, 0.6) is 0 Å². The lowest BCUT2D eigenvalue weighted by Crippen LogP contribution is -2.38. The van der Waals surface area contributed by atoms with Gasteiger partial charge in [-0.25, -0.2) is 4.39 Å². The van der Waals surface area contributed by atoms with Crippen LogP contribution in [0.4, 0.5) is 10.1 Å². The summed E-state index contributed by atoms with van der Waals surface area (Å²) < 4.78 is 13.6. The number of rotatable bonds is 1. The van der Waals surface area contributed by atoms with Crippen LogP contribution in [0.3, 0.4) is 0 Å². The van der Waals surface area contributed by atoms with E-state index in [0.717, 1.165) is 43.7 Å². The van der Waals surface area contributed by atoms with Crippen LogP contribution in [0.25, 0.3) is 0 Å². The van der Waals surface area contributed by atoms with Gasteiger partial charge in [-0.2, -0.15) is 0 Å². The largest absolute Gasteiger partial charge is 0.371 e. The van der Waals surface area contributed by atoms with E-state index in [1.54, 1.807) is 6.07 Å². The molecule has 1 aromatic carbocycles. The van der Waals surface area contributed by atoms with Crippen LogP contribution in [-0.4, -0.2) is 25.7 Å². The highest BCUT2D eigenvalue weighted by atomic mass is 19.1. The lowest BCUT2D eigenvalue weighted by atomic mass is 10.1. The first-order valence-corrected chi connectivity index (χ1v) is 6.42. The fourth-order valence-corrected chi connectivity index (χ4v) is 2.36. The minimum absolute atomic E-state index is 0.101. The lowest BCUT2D eigenvalue weighted by molar-refractivity contribution is 0.474. The van der Waals surface area contributed by atoms with Gasteiger partial charge < -0.3 is 10.2 Å². The van der Waals surface area contributed by atoms with Crippen molar-refractivity contribution in [3.63, 3.8) is 0 Å². The highest BCUT2D eigenvalue weighted by Gasteiger charge is 2.15. The molecule has 2 nitrogen and oxygen atoms in total. The van der Waals surface area contributed by atoms with E-state index < -0.39 is 0 Å². The van der Waals surface area contributed by atoms with Crippen molar-refractivity contribution in [2.24, 2.45) is 0 Å². The number of benzene rings is 1. The molecule has 1 unspecified atom stereocenters. The van der Waals surface area contributed by atoms with E-state index in [1.807, 2.05) is 13.0 Å². The predicted molar refractivity (Wildman–Crippen MR) is 70.0 cm³/mol. The van der Waals surface area contributed by atoms with Crippen LogP contribution in [0.15, 0.2) is 18.2 Å². The first-order valence-electron chi connectivity index (χ1n) is 6.42. The third kappa shape index (κ3) is 2.97. The molecule has 1 aliphatic heterocycles. The zero-order valence-corrected chi connectivity index (χ0v) is 10.7. The summed E-state index contributed by atoms with van der Waals surface area (Å²) in [5.74, 6) is -0.101. The molecule has 0 amide bonds. The Labute approximate surface area is 103 Å². The van der Waals surface area contributed by atoms with Crippen LogP contribution in [0, 0.1) is 12.7 Å². The lowest BCUT2D eigenvalue weighted by Gasteiger charge is -2.30. The molecule has 3 heteroatoms. The fraction of sp³-hybridized carbons (Fsp3) is 0.571. The molecule has 0 saturated carbocycles. The standard InChI is InChI=1S/C14H21FN2/c1-11-7-10-17(9-4-8-16-11)14-6-3-5-13(15)12(14)2/h3,5-6,11,16H,4,7-10H2,1-2H3. The van der Waals surface area contributed by atoms with E-state index in [9.17, 15) is 4.39 Å². The second-order valence-electron chi connectivity index (χ2n) is 4.87. The van der Waals surface area contributed by atoms with Crippen molar-refractivity contribution in [2.75, 3.05) is 24.5 Å². The van der Waals surface area contributed by atoms with Gasteiger partial charge in [0, 0.05) is 30.4 Å². The van der Waals surface area contributed by atoms with Crippen molar-refractivity contribution in [3.8, 4) is 0 Å². The van der Waals surface area contributed by atoms with Gasteiger partial charge >= 0.3 is 0 Å². The van der Waals surface area contributed by atoms with Gasteiger partial charge in [0.15, 0.2) is 0 Å². The second-order valence-corrected chi connectivity index (χ2v) is 4.87. The van der Waals surface area contributed by atoms with E-state index >= 15 is 0 Å². The predicted octanol–water partition coefficient (Wildman–Crippen LogP) is 2.71. The first kappa shape index (κ1) is 12.4. The van der Waals surface area contributed by atoms with Gasteiger partial charge in [0.1, 0.15) is 5.82 Å². The number of hydrogen-bond donors (Lipinski definition) is 1. The third-order valence-corrected chi connectivity index (χ3v) is 3.51. The molecule has 0 aromatic heterocycles. The van der Waals surface area contributed by atoms with Crippen molar-refractivity contribution in [3.05, 3.63) is 29.6 Å². The van der Waals surface area contributed by atoms with Crippen molar-refractivity contribution in [1.82, 2.24) is 5.32 Å². The smallest absolute Gasteiger partial charge is 0.128 e. The maximum absolute atomic E-state index is 13.6. The number of halogens is 1. The summed E-state index contributed by atoms with van der Waals surface area (Å²) in [5, 5.41) is 3.48. The molecule has 94 valence electrons. The van der Waals surface area contributed by atoms with Gasteiger partial charge in [0.05, 0.1) is 0 Å². The average molecular weight is 236 g/mol. The zero-order valence-electron chi connectivity index (χ0n) is 10.7. The number of hydrogen-bond acceptors (Lipinski definition) is 2. The first-order chi connectivity index (χ1) is 8.18. The molecular formula is C14H21FN2. The van der Waals surface area contributed by atoms with Crippen LogP contribution >= 0.6 is 0 Å². The summed E-state index contributed by atoms with van der Waals surface area (Å²) >= 11 is 0. The highest BCUT2D eigenvalue weighted by Crippen LogP contribution is 2.23. The number of nitrogens with one attached hydrogen (secondary N) is 1. The highest BCUT2D eigenvalue weighted by molar-refractivity contribution is 5.53. The average Bonchev–Trinajstić information content (AvgIpc) is 2.29. The van der Waals surface area contributed by atoms with Crippen molar-refractivity contribution >= 4 is 5.69 Å². The quantitative estimate of drug-likeness (QED) is 0.806. The normalized spacial score (nSPS) is 22.1. The van der Waals surface area contributed by atoms with Crippen LogP contribution in [0.1, 0.15) is 25.3 Å². The monoisotopic (exact) mass is 236 g/mol. The Morgan fingerprint density at radius 3 is 3.00 bits per heavy atom. The fourth-order valence-electron chi connectivity index (χ4n) is 2.36. The molecule has 17 heavy (non-hydrogen) atoms. The van der Waals surface area contributed by atoms with Crippen molar-refractivity contribution in [2.45, 2.75) is 32.7 Å². The Morgan fingerprint density at radius 2 is 2.18 bits per heavy atom. The molecular weight excluding hydrogens is 215 g/mol. The Morgan fingerprint density at radius 1 is 1.35 bits per heavy atom. The Kier molecular flexibility index (Phi) is 4.00. The van der Waals surface area contributed by atoms with E-state index in [-0.39, 0.29) is 5.82 Å². The minimum Gasteiger partial charge on any atom is -0.371 e. The Hall–Kier alpha value is -1.09. The topological polar surface area (TPSA) is 15.3 Å². The molecule has 2 rings (SSSR count). The summed E-state index contributed by atoms with van der Waals surface area (Å²) in [6.45, 7) is 7.13. The molecule has 1 saturated heterocycles. The van der Waals surface area contributed by atoms with Crippen molar-refractivity contribution in [1.29, 1.82) is 0 Å². The molecule has 1 heterocycles. The molecule has 1 aromatic rings. The summed E-state index contributed by atoms with van der Waals surface area (Å²) in [4.78, 5) is 2.32. The van der Waals surface area contributed by atoms with E-state index in [1.165, 1.54) is 6.07 Å². The molecule has 1 atom stereocenters. The van der Waals surface area contributed by atoms with Crippen LogP contribution in [0.2, 0.25) is 0 Å². The van der Waals surface area contributed by atoms with E-state index in [2.05, 4.69) is 17.1 Å². The van der Waals surface area contributed by atoms with Gasteiger partial charge in [0.25, 0.3) is 0 Å². The SMILES string of the molecule is Cc1c(F)cccc1N1CCCNC(C)CC1. The summed E-state index contributed by atoms with van der Waals surface area (Å²) in [7, 11) is 0. The zero-order chi connectivity index (χ0) is 12.3. The second kappa shape index (κ2) is 5.50. The van der Waals surface area contributed by atoms with Crippen LogP contribution < -0.4 is 10.2 Å². The van der Waals surface area contributed by atoms with E-state index in [4.69, 9.17) is 0 Å². The Bertz CT molecular complexity index is 378. The maximum Gasteiger partial charge on any atom is 0.128 e. The molecule has 1 aliphatic rings. The third-order valence-electron chi connectivity index (χ3n) is 3.51. The van der Waals surface area contributed by atoms with Gasteiger partial charge in [-0.1, -0.05) is 6.07 Å². The maximum atomic E-state index is 13.6. The number of anilines is 1. The molecule has 0 aliphatic carbocycles. The van der Waals surface area contributed by atoms with Gasteiger partial charge in [-0.05, 0) is 45.4 Å². The summed E-state index contributed by atoms with van der Waals surface area (Å²) in [6.07, 6.45) is 2.22. The summed E-state index contributed by atoms with van der Waals surface area (Å²) in [6, 6.07) is 5.91. The van der Waals surface area contributed by atoms with Crippen molar-refractivity contribution < 1.29 is 4.39 Å². The molecule has 0 radical (unpaired) electrons. The molecule has 0 spiro atoms. The minimum atomic E-state index is -0.101. The summed E-state index contributed by atoms with van der Waals surface area (Å²) in [5.41, 5.74) is 1.83. The molecule has 1 N–H and O–H groups in total. The van der Waals surface area contributed by atoms with Gasteiger partial charge in [-0.3, -0.25) is 0 Å². The van der Waals surface area contributed by atoms with Gasteiger partial charge in [0.2, 0.25) is 0 Å². The van der Waals surface area contributed by atoms with Gasteiger partial charge in [-0.15, -0.1) is 0 Å². The molecule has 0 bridgehead atoms. The Balaban J connectivity index is 2.16. The van der Waals surface area contributed by atoms with Crippen LogP contribution in [-0.2, 0) is 0 Å².